The minimum atomic E-state index is 0. The molecule has 2 bridgehead atoms. The first-order valence-corrected chi connectivity index (χ1v) is 7.26. The average molecular weight is 295 g/mol. The lowest BCUT2D eigenvalue weighted by atomic mass is 9.99. The van der Waals surface area contributed by atoms with E-state index in [1.54, 1.807) is 0 Å². The molecule has 20 heavy (non-hydrogen) atoms. The van der Waals surface area contributed by atoms with E-state index in [1.807, 2.05) is 18.2 Å². The van der Waals surface area contributed by atoms with Gasteiger partial charge in [0.05, 0.1) is 0 Å². The summed E-state index contributed by atoms with van der Waals surface area (Å²) in [6.45, 7) is 4.12. The van der Waals surface area contributed by atoms with Crippen LogP contribution in [0.25, 0.3) is 0 Å². The standard InChI is InChI=1S/C16H22N2O.ClH/c1-10-3-4-12(7-11(10)2)16(19)18-15-8-13-5-6-14(9-15)17-13;/h3-4,7,13-15,17H,5-6,8-9H2,1-2H3,(H,18,19);1H. The molecule has 110 valence electrons. The molecule has 1 amide bonds. The van der Waals surface area contributed by atoms with Crippen LogP contribution in [0.4, 0.5) is 0 Å². The number of nitrogens with one attached hydrogen (secondary N) is 2. The molecule has 2 N–H and O–H groups in total. The van der Waals surface area contributed by atoms with Crippen molar-refractivity contribution >= 4 is 18.3 Å². The van der Waals surface area contributed by atoms with Crippen LogP contribution >= 0.6 is 12.4 Å². The second kappa shape index (κ2) is 6.15. The Bertz CT molecular complexity index is 491. The first-order valence-electron chi connectivity index (χ1n) is 7.26. The lowest BCUT2D eigenvalue weighted by molar-refractivity contribution is 0.0924. The molecule has 0 aliphatic carbocycles. The van der Waals surface area contributed by atoms with Crippen molar-refractivity contribution in [3.05, 3.63) is 34.9 Å². The highest BCUT2D eigenvalue weighted by atomic mass is 35.5. The normalized spacial score (nSPS) is 27.8. The lowest BCUT2D eigenvalue weighted by Gasteiger charge is -2.29. The number of halogens is 1. The van der Waals surface area contributed by atoms with Crippen LogP contribution in [-0.2, 0) is 0 Å². The van der Waals surface area contributed by atoms with Crippen LogP contribution in [0.1, 0.15) is 47.2 Å². The van der Waals surface area contributed by atoms with Crippen LogP contribution in [-0.4, -0.2) is 24.0 Å². The fraction of sp³-hybridized carbons (Fsp3) is 0.562. The largest absolute Gasteiger partial charge is 0.349 e. The van der Waals surface area contributed by atoms with Crippen molar-refractivity contribution in [3.63, 3.8) is 0 Å². The lowest BCUT2D eigenvalue weighted by Crippen LogP contribution is -2.48. The van der Waals surface area contributed by atoms with Gasteiger partial charge in [0.25, 0.3) is 5.91 Å². The van der Waals surface area contributed by atoms with Gasteiger partial charge in [-0.2, -0.15) is 0 Å². The Balaban J connectivity index is 0.00000147. The summed E-state index contributed by atoms with van der Waals surface area (Å²) in [6.07, 6.45) is 4.68. The molecule has 2 fully saturated rings. The van der Waals surface area contributed by atoms with Crippen LogP contribution in [0.15, 0.2) is 18.2 Å². The number of aryl methyl sites for hydroxylation is 2. The molecule has 2 atom stereocenters. The zero-order valence-electron chi connectivity index (χ0n) is 12.1. The van der Waals surface area contributed by atoms with Gasteiger partial charge in [-0.25, -0.2) is 0 Å². The molecule has 0 saturated carbocycles. The maximum absolute atomic E-state index is 12.3. The zero-order chi connectivity index (χ0) is 13.4. The van der Waals surface area contributed by atoms with Gasteiger partial charge in [0.2, 0.25) is 0 Å². The number of fused-ring (bicyclic) bond motifs is 2. The topological polar surface area (TPSA) is 41.1 Å². The molecule has 2 saturated heterocycles. The minimum Gasteiger partial charge on any atom is -0.349 e. The number of hydrogen-bond donors (Lipinski definition) is 2. The van der Waals surface area contributed by atoms with Gasteiger partial charge in [-0.1, -0.05) is 6.07 Å². The van der Waals surface area contributed by atoms with E-state index in [-0.39, 0.29) is 18.3 Å². The summed E-state index contributed by atoms with van der Waals surface area (Å²) in [7, 11) is 0. The van der Waals surface area contributed by atoms with Gasteiger partial charge in [0.1, 0.15) is 0 Å². The van der Waals surface area contributed by atoms with Crippen LogP contribution in [0.5, 0.6) is 0 Å². The first kappa shape index (κ1) is 15.3. The fourth-order valence-electron chi connectivity index (χ4n) is 3.33. The van der Waals surface area contributed by atoms with E-state index in [0.29, 0.717) is 18.1 Å². The third kappa shape index (κ3) is 3.15. The van der Waals surface area contributed by atoms with Crippen LogP contribution in [0, 0.1) is 13.8 Å². The molecule has 4 heteroatoms. The van der Waals surface area contributed by atoms with Crippen LogP contribution in [0.3, 0.4) is 0 Å². The second-order valence-corrected chi connectivity index (χ2v) is 6.08. The fourth-order valence-corrected chi connectivity index (χ4v) is 3.33. The van der Waals surface area contributed by atoms with Gasteiger partial charge in [0.15, 0.2) is 0 Å². The van der Waals surface area contributed by atoms with Crippen molar-refractivity contribution in [2.75, 3.05) is 0 Å². The summed E-state index contributed by atoms with van der Waals surface area (Å²) in [5.41, 5.74) is 3.20. The summed E-state index contributed by atoms with van der Waals surface area (Å²) in [6, 6.07) is 7.50. The molecule has 1 aromatic rings. The molecule has 2 aliphatic heterocycles. The maximum Gasteiger partial charge on any atom is 0.251 e. The second-order valence-electron chi connectivity index (χ2n) is 6.08. The number of rotatable bonds is 2. The molecular formula is C16H23ClN2O. The van der Waals surface area contributed by atoms with Crippen molar-refractivity contribution < 1.29 is 4.79 Å². The Morgan fingerprint density at radius 2 is 1.80 bits per heavy atom. The number of piperidine rings is 1. The molecule has 2 heterocycles. The van der Waals surface area contributed by atoms with Gasteiger partial charge >= 0.3 is 0 Å². The smallest absolute Gasteiger partial charge is 0.251 e. The molecule has 0 radical (unpaired) electrons. The molecule has 3 nitrogen and oxygen atoms in total. The van der Waals surface area contributed by atoms with Crippen molar-refractivity contribution in [1.29, 1.82) is 0 Å². The number of carbonyl (C=O) groups excluding carboxylic acids is 1. The Kier molecular flexibility index (Phi) is 4.71. The molecule has 0 spiro atoms. The summed E-state index contributed by atoms with van der Waals surface area (Å²) < 4.78 is 0. The SMILES string of the molecule is Cc1ccc(C(=O)NC2CC3CCC(C2)N3)cc1C.Cl. The molecular weight excluding hydrogens is 272 g/mol. The number of carbonyl (C=O) groups is 1. The summed E-state index contributed by atoms with van der Waals surface area (Å²) in [4.78, 5) is 12.3. The third-order valence-electron chi connectivity index (χ3n) is 4.58. The van der Waals surface area contributed by atoms with Crippen LogP contribution < -0.4 is 10.6 Å². The highest BCUT2D eigenvalue weighted by Crippen LogP contribution is 2.27. The molecule has 0 aromatic heterocycles. The van der Waals surface area contributed by atoms with Crippen molar-refractivity contribution in [2.45, 2.75) is 57.7 Å². The Morgan fingerprint density at radius 3 is 2.40 bits per heavy atom. The van der Waals surface area contributed by atoms with E-state index in [2.05, 4.69) is 24.5 Å². The van der Waals surface area contributed by atoms with E-state index in [9.17, 15) is 4.79 Å². The summed E-state index contributed by atoms with van der Waals surface area (Å²) in [5.74, 6) is 0.0781. The number of hydrogen-bond acceptors (Lipinski definition) is 2. The van der Waals surface area contributed by atoms with Gasteiger partial charge < -0.3 is 10.6 Å². The quantitative estimate of drug-likeness (QED) is 0.880. The van der Waals surface area contributed by atoms with Gasteiger partial charge in [0, 0.05) is 23.7 Å². The first-order chi connectivity index (χ1) is 9.11. The molecule has 3 rings (SSSR count). The van der Waals surface area contributed by atoms with E-state index in [4.69, 9.17) is 0 Å². The Hall–Kier alpha value is -1.06. The molecule has 2 aliphatic rings. The van der Waals surface area contributed by atoms with Crippen LogP contribution in [0.2, 0.25) is 0 Å². The Morgan fingerprint density at radius 1 is 1.15 bits per heavy atom. The predicted molar refractivity (Wildman–Crippen MR) is 83.6 cm³/mol. The molecule has 2 unspecified atom stereocenters. The summed E-state index contributed by atoms with van der Waals surface area (Å²) in [5, 5.41) is 6.80. The monoisotopic (exact) mass is 294 g/mol. The zero-order valence-corrected chi connectivity index (χ0v) is 12.9. The predicted octanol–water partition coefficient (Wildman–Crippen LogP) is 2.74. The minimum absolute atomic E-state index is 0. The van der Waals surface area contributed by atoms with E-state index < -0.39 is 0 Å². The van der Waals surface area contributed by atoms with Gasteiger partial charge in [-0.15, -0.1) is 12.4 Å². The number of benzene rings is 1. The maximum atomic E-state index is 12.3. The Labute approximate surface area is 126 Å². The van der Waals surface area contributed by atoms with E-state index in [0.717, 1.165) is 18.4 Å². The van der Waals surface area contributed by atoms with Gasteiger partial charge in [-0.05, 0) is 62.8 Å². The van der Waals surface area contributed by atoms with Gasteiger partial charge in [-0.3, -0.25) is 4.79 Å². The van der Waals surface area contributed by atoms with E-state index in [1.165, 1.54) is 24.0 Å². The molecule has 1 aromatic carbocycles. The van der Waals surface area contributed by atoms with Crippen molar-refractivity contribution in [1.82, 2.24) is 10.6 Å². The summed E-state index contributed by atoms with van der Waals surface area (Å²) >= 11 is 0. The highest BCUT2D eigenvalue weighted by molar-refractivity contribution is 5.94. The third-order valence-corrected chi connectivity index (χ3v) is 4.58. The highest BCUT2D eigenvalue weighted by Gasteiger charge is 2.34. The van der Waals surface area contributed by atoms with Crippen molar-refractivity contribution in [2.24, 2.45) is 0 Å². The number of amides is 1. The van der Waals surface area contributed by atoms with E-state index >= 15 is 0 Å². The average Bonchev–Trinajstić information content (AvgIpc) is 2.72. The van der Waals surface area contributed by atoms with Crippen molar-refractivity contribution in [3.8, 4) is 0 Å².